The van der Waals surface area contributed by atoms with Gasteiger partial charge in [0.05, 0.1) is 18.2 Å². The van der Waals surface area contributed by atoms with E-state index >= 15 is 0 Å². The number of para-hydroxylation sites is 2. The van der Waals surface area contributed by atoms with Gasteiger partial charge in [-0.1, -0.05) is 12.1 Å². The Morgan fingerprint density at radius 1 is 1.10 bits per heavy atom. The summed E-state index contributed by atoms with van der Waals surface area (Å²) in [6.45, 7) is 6.68. The van der Waals surface area contributed by atoms with Crippen LogP contribution >= 0.6 is 0 Å². The summed E-state index contributed by atoms with van der Waals surface area (Å²) in [5, 5.41) is 0.886. The number of aromatic nitrogens is 1. The van der Waals surface area contributed by atoms with Gasteiger partial charge >= 0.3 is 0 Å². The lowest BCUT2D eigenvalue weighted by atomic mass is 9.82. The van der Waals surface area contributed by atoms with E-state index in [0.29, 0.717) is 18.6 Å². The molecular formula is C23H26FN3O2. The summed E-state index contributed by atoms with van der Waals surface area (Å²) < 4.78 is 19.0. The van der Waals surface area contributed by atoms with Crippen LogP contribution in [0.3, 0.4) is 0 Å². The number of nitrogens with one attached hydrogen (secondary N) is 1. The molecule has 0 atom stereocenters. The lowest BCUT2D eigenvalue weighted by Gasteiger charge is -2.39. The van der Waals surface area contributed by atoms with Gasteiger partial charge in [-0.2, -0.15) is 0 Å². The average Bonchev–Trinajstić information content (AvgIpc) is 3.17. The Morgan fingerprint density at radius 2 is 1.83 bits per heavy atom. The second kappa shape index (κ2) is 7.43. The maximum absolute atomic E-state index is 13.5. The van der Waals surface area contributed by atoms with Gasteiger partial charge in [-0.15, -0.1) is 0 Å². The van der Waals surface area contributed by atoms with Gasteiger partial charge < -0.3 is 19.5 Å². The molecule has 1 amide bonds. The number of benzene rings is 2. The molecule has 29 heavy (non-hydrogen) atoms. The lowest BCUT2D eigenvalue weighted by Crippen LogP contribution is -2.53. The molecule has 0 aliphatic carbocycles. The fraction of sp³-hybridized carbons (Fsp3) is 0.348. The number of aromatic amines is 1. The number of carbonyl (C=O) groups excluding carboxylic acids is 1. The first-order valence-corrected chi connectivity index (χ1v) is 9.86. The normalized spacial score (nSPS) is 15.0. The van der Waals surface area contributed by atoms with Gasteiger partial charge in [0, 0.05) is 43.3 Å². The Morgan fingerprint density at radius 3 is 2.55 bits per heavy atom. The minimum Gasteiger partial charge on any atom is -0.495 e. The number of anilines is 1. The molecule has 6 heteroatoms. The van der Waals surface area contributed by atoms with Crippen molar-refractivity contribution in [2.24, 2.45) is 0 Å². The molecule has 0 saturated carbocycles. The van der Waals surface area contributed by atoms with Crippen LogP contribution in [0.2, 0.25) is 0 Å². The van der Waals surface area contributed by atoms with Crippen LogP contribution in [-0.2, 0) is 10.2 Å². The molecule has 1 aliphatic rings. The fourth-order valence-electron chi connectivity index (χ4n) is 4.17. The molecule has 1 saturated heterocycles. The maximum Gasteiger partial charge on any atom is 0.232 e. The highest BCUT2D eigenvalue weighted by Gasteiger charge is 2.37. The molecule has 0 spiro atoms. The Balaban J connectivity index is 1.51. The summed E-state index contributed by atoms with van der Waals surface area (Å²) >= 11 is 0. The quantitative estimate of drug-likeness (QED) is 0.728. The van der Waals surface area contributed by atoms with Crippen molar-refractivity contribution in [1.29, 1.82) is 0 Å². The van der Waals surface area contributed by atoms with Crippen molar-refractivity contribution in [1.82, 2.24) is 9.88 Å². The van der Waals surface area contributed by atoms with Crippen molar-refractivity contribution >= 4 is 22.5 Å². The lowest BCUT2D eigenvalue weighted by molar-refractivity contribution is -0.136. The number of carbonyl (C=O) groups is 1. The molecule has 1 aromatic heterocycles. The monoisotopic (exact) mass is 395 g/mol. The Hall–Kier alpha value is -3.02. The van der Waals surface area contributed by atoms with E-state index in [0.717, 1.165) is 35.5 Å². The van der Waals surface area contributed by atoms with Gasteiger partial charge in [0.15, 0.2) is 0 Å². The molecule has 0 bridgehead atoms. The van der Waals surface area contributed by atoms with E-state index in [1.54, 1.807) is 13.2 Å². The van der Waals surface area contributed by atoms with Crippen molar-refractivity contribution in [3.05, 3.63) is 60.0 Å². The van der Waals surface area contributed by atoms with E-state index in [2.05, 4.69) is 9.88 Å². The summed E-state index contributed by atoms with van der Waals surface area (Å²) in [6, 6.07) is 12.6. The number of hydrogen-bond acceptors (Lipinski definition) is 3. The summed E-state index contributed by atoms with van der Waals surface area (Å²) in [7, 11) is 1.67. The van der Waals surface area contributed by atoms with Crippen LogP contribution in [0.1, 0.15) is 19.4 Å². The van der Waals surface area contributed by atoms with Gasteiger partial charge in [-0.05, 0) is 49.7 Å². The third-order valence-corrected chi connectivity index (χ3v) is 5.84. The zero-order chi connectivity index (χ0) is 20.6. The van der Waals surface area contributed by atoms with Crippen LogP contribution in [-0.4, -0.2) is 49.1 Å². The molecule has 1 N–H and O–H groups in total. The summed E-state index contributed by atoms with van der Waals surface area (Å²) in [6.07, 6.45) is 1.83. The zero-order valence-electron chi connectivity index (χ0n) is 17.0. The molecule has 2 heterocycles. The van der Waals surface area contributed by atoms with Crippen LogP contribution in [0.25, 0.3) is 10.9 Å². The standard InChI is InChI=1S/C23H26FN3O2/c1-23(2,18-15-25-19-14-16(24)8-9-17(18)19)22(28)27-12-10-26(11-13-27)20-6-4-5-7-21(20)29-3/h4-9,14-15,25H,10-13H2,1-3H3. The summed E-state index contributed by atoms with van der Waals surface area (Å²) in [4.78, 5) is 20.7. The molecular weight excluding hydrogens is 369 g/mol. The van der Waals surface area contributed by atoms with Crippen LogP contribution in [0.5, 0.6) is 5.75 Å². The largest absolute Gasteiger partial charge is 0.495 e. The first-order valence-electron chi connectivity index (χ1n) is 9.86. The van der Waals surface area contributed by atoms with E-state index in [9.17, 15) is 9.18 Å². The van der Waals surface area contributed by atoms with Crippen molar-refractivity contribution in [2.45, 2.75) is 19.3 Å². The van der Waals surface area contributed by atoms with E-state index in [1.807, 2.05) is 49.2 Å². The first kappa shape index (κ1) is 19.3. The maximum atomic E-state index is 13.5. The van der Waals surface area contributed by atoms with Gasteiger partial charge in [0.25, 0.3) is 0 Å². The Bertz CT molecular complexity index is 1040. The summed E-state index contributed by atoms with van der Waals surface area (Å²) in [5.41, 5.74) is 1.95. The molecule has 3 aromatic rings. The van der Waals surface area contributed by atoms with Gasteiger partial charge in [0.2, 0.25) is 5.91 Å². The number of piperazine rings is 1. The number of methoxy groups -OCH3 is 1. The number of fused-ring (bicyclic) bond motifs is 1. The third kappa shape index (κ3) is 3.43. The Labute approximate surface area is 170 Å². The van der Waals surface area contributed by atoms with Crippen LogP contribution < -0.4 is 9.64 Å². The van der Waals surface area contributed by atoms with Crippen LogP contribution in [0.4, 0.5) is 10.1 Å². The molecule has 1 fully saturated rings. The molecule has 152 valence electrons. The SMILES string of the molecule is COc1ccccc1N1CCN(C(=O)C(C)(C)c2c[nH]c3cc(F)ccc23)CC1. The van der Waals surface area contributed by atoms with E-state index in [1.165, 1.54) is 12.1 Å². The van der Waals surface area contributed by atoms with Crippen molar-refractivity contribution in [3.63, 3.8) is 0 Å². The van der Waals surface area contributed by atoms with Crippen LogP contribution in [0.15, 0.2) is 48.7 Å². The fourth-order valence-corrected chi connectivity index (χ4v) is 4.17. The molecule has 2 aromatic carbocycles. The molecule has 4 rings (SSSR count). The first-order chi connectivity index (χ1) is 13.9. The second-order valence-electron chi connectivity index (χ2n) is 7.97. The number of hydrogen-bond donors (Lipinski definition) is 1. The number of H-pyrrole nitrogens is 1. The van der Waals surface area contributed by atoms with Crippen molar-refractivity contribution in [2.75, 3.05) is 38.2 Å². The highest BCUT2D eigenvalue weighted by Crippen LogP contribution is 2.34. The highest BCUT2D eigenvalue weighted by molar-refractivity contribution is 5.94. The average molecular weight is 395 g/mol. The number of nitrogens with zero attached hydrogens (tertiary/aromatic N) is 2. The van der Waals surface area contributed by atoms with E-state index < -0.39 is 5.41 Å². The van der Waals surface area contributed by atoms with Gasteiger partial charge in [-0.3, -0.25) is 4.79 Å². The van der Waals surface area contributed by atoms with Crippen molar-refractivity contribution in [3.8, 4) is 5.75 Å². The Kier molecular flexibility index (Phi) is 4.94. The third-order valence-electron chi connectivity index (χ3n) is 5.84. The second-order valence-corrected chi connectivity index (χ2v) is 7.97. The van der Waals surface area contributed by atoms with Gasteiger partial charge in [0.1, 0.15) is 11.6 Å². The minimum atomic E-state index is -0.706. The molecule has 5 nitrogen and oxygen atoms in total. The molecule has 0 unspecified atom stereocenters. The number of amides is 1. The van der Waals surface area contributed by atoms with Gasteiger partial charge in [-0.25, -0.2) is 4.39 Å². The summed E-state index contributed by atoms with van der Waals surface area (Å²) in [5.74, 6) is 0.642. The number of rotatable bonds is 4. The molecule has 1 aliphatic heterocycles. The zero-order valence-corrected chi connectivity index (χ0v) is 17.0. The predicted molar refractivity (Wildman–Crippen MR) is 113 cm³/mol. The highest BCUT2D eigenvalue weighted by atomic mass is 19.1. The van der Waals surface area contributed by atoms with E-state index in [4.69, 9.17) is 4.74 Å². The van der Waals surface area contributed by atoms with E-state index in [-0.39, 0.29) is 11.7 Å². The van der Waals surface area contributed by atoms with Crippen LogP contribution in [0, 0.1) is 5.82 Å². The smallest absolute Gasteiger partial charge is 0.232 e. The van der Waals surface area contributed by atoms with Crippen molar-refractivity contribution < 1.29 is 13.9 Å². The topological polar surface area (TPSA) is 48.6 Å². The number of halogens is 1. The molecule has 0 radical (unpaired) electrons. The number of ether oxygens (including phenoxy) is 1. The predicted octanol–water partition coefficient (Wildman–Crippen LogP) is 3.94. The minimum absolute atomic E-state index is 0.0856.